The standard InChI is InChI=1S/C19H18FN3O3S/c1-23-17(24)11-16(18(25)22-14-8-3-4-9-15(14)26-2)27-19(23)21-13-7-5-6-12(20)10-13/h3-10,16H,11H2,1-2H3,(H,22,25)/t16-/m0/s1. The minimum absolute atomic E-state index is 0.0460. The van der Waals surface area contributed by atoms with Gasteiger partial charge in [0.2, 0.25) is 11.8 Å². The molecule has 27 heavy (non-hydrogen) atoms. The van der Waals surface area contributed by atoms with Crippen LogP contribution in [0.25, 0.3) is 0 Å². The van der Waals surface area contributed by atoms with Gasteiger partial charge in [-0.05, 0) is 30.3 Å². The molecule has 3 rings (SSSR count). The van der Waals surface area contributed by atoms with E-state index >= 15 is 0 Å². The summed E-state index contributed by atoms with van der Waals surface area (Å²) in [6.07, 6.45) is 0.0460. The zero-order chi connectivity index (χ0) is 19.4. The van der Waals surface area contributed by atoms with Crippen LogP contribution < -0.4 is 10.1 Å². The molecule has 0 aliphatic carbocycles. The fourth-order valence-electron chi connectivity index (χ4n) is 2.51. The first-order valence-corrected chi connectivity index (χ1v) is 9.07. The molecule has 0 bridgehead atoms. The summed E-state index contributed by atoms with van der Waals surface area (Å²) in [4.78, 5) is 30.7. The second-order valence-electron chi connectivity index (χ2n) is 5.83. The zero-order valence-corrected chi connectivity index (χ0v) is 15.6. The molecular formula is C19H18FN3O3S. The number of nitrogens with zero attached hydrogens (tertiary/aromatic N) is 2. The first kappa shape index (κ1) is 18.9. The monoisotopic (exact) mass is 387 g/mol. The average Bonchev–Trinajstić information content (AvgIpc) is 2.65. The molecule has 6 nitrogen and oxygen atoms in total. The number of thioether (sulfide) groups is 1. The number of amidine groups is 1. The third-order valence-corrected chi connectivity index (χ3v) is 5.20. The van der Waals surface area contributed by atoms with Crippen LogP contribution in [0.4, 0.5) is 15.8 Å². The molecule has 1 aliphatic rings. The van der Waals surface area contributed by atoms with Gasteiger partial charge in [0.1, 0.15) is 16.8 Å². The molecule has 1 fully saturated rings. The summed E-state index contributed by atoms with van der Waals surface area (Å²) in [5.74, 6) is -0.442. The van der Waals surface area contributed by atoms with Crippen LogP contribution >= 0.6 is 11.8 Å². The summed E-state index contributed by atoms with van der Waals surface area (Å²) >= 11 is 1.16. The van der Waals surface area contributed by atoms with Crippen molar-refractivity contribution in [1.29, 1.82) is 0 Å². The Kier molecular flexibility index (Phi) is 5.75. The number of anilines is 1. The van der Waals surface area contributed by atoms with E-state index in [0.717, 1.165) is 11.8 Å². The Bertz CT molecular complexity index is 903. The van der Waals surface area contributed by atoms with Crippen molar-refractivity contribution in [2.45, 2.75) is 11.7 Å². The molecule has 2 aromatic rings. The molecule has 1 atom stereocenters. The summed E-state index contributed by atoms with van der Waals surface area (Å²) in [6, 6.07) is 12.8. The Morgan fingerprint density at radius 3 is 2.81 bits per heavy atom. The number of hydrogen-bond donors (Lipinski definition) is 1. The molecule has 1 aliphatic heterocycles. The fraction of sp³-hybridized carbons (Fsp3) is 0.211. The lowest BCUT2D eigenvalue weighted by molar-refractivity contribution is -0.128. The summed E-state index contributed by atoms with van der Waals surface area (Å²) in [7, 11) is 3.10. The lowest BCUT2D eigenvalue weighted by Crippen LogP contribution is -2.43. The number of carbonyl (C=O) groups excluding carboxylic acids is 2. The summed E-state index contributed by atoms with van der Waals surface area (Å²) < 4.78 is 18.6. The Labute approximate surface area is 160 Å². The van der Waals surface area contributed by atoms with E-state index in [1.165, 1.54) is 30.2 Å². The molecule has 0 radical (unpaired) electrons. The maximum atomic E-state index is 13.4. The van der Waals surface area contributed by atoms with Crippen LogP contribution in [0.5, 0.6) is 5.75 Å². The van der Waals surface area contributed by atoms with Crippen molar-refractivity contribution in [3.05, 3.63) is 54.3 Å². The van der Waals surface area contributed by atoms with E-state index in [4.69, 9.17) is 4.74 Å². The predicted octanol–water partition coefficient (Wildman–Crippen LogP) is 3.42. The number of amides is 2. The van der Waals surface area contributed by atoms with Crippen LogP contribution in [-0.4, -0.2) is 41.3 Å². The van der Waals surface area contributed by atoms with E-state index in [1.807, 2.05) is 0 Å². The number of nitrogens with one attached hydrogen (secondary N) is 1. The third kappa shape index (κ3) is 4.46. The lowest BCUT2D eigenvalue weighted by Gasteiger charge is -2.29. The van der Waals surface area contributed by atoms with Gasteiger partial charge >= 0.3 is 0 Å². The maximum absolute atomic E-state index is 13.4. The quantitative estimate of drug-likeness (QED) is 0.873. The smallest absolute Gasteiger partial charge is 0.238 e. The van der Waals surface area contributed by atoms with Crippen molar-refractivity contribution in [3.8, 4) is 5.75 Å². The van der Waals surface area contributed by atoms with Crippen LogP contribution in [0.15, 0.2) is 53.5 Å². The predicted molar refractivity (Wildman–Crippen MR) is 104 cm³/mol. The summed E-state index contributed by atoms with van der Waals surface area (Å²) in [6.45, 7) is 0. The number of halogens is 1. The molecule has 2 aromatic carbocycles. The van der Waals surface area contributed by atoms with E-state index in [9.17, 15) is 14.0 Å². The minimum atomic E-state index is -0.647. The molecule has 1 saturated heterocycles. The molecule has 140 valence electrons. The molecular weight excluding hydrogens is 369 g/mol. The second-order valence-corrected chi connectivity index (χ2v) is 7.00. The van der Waals surface area contributed by atoms with E-state index < -0.39 is 11.1 Å². The Morgan fingerprint density at radius 1 is 1.30 bits per heavy atom. The molecule has 0 saturated carbocycles. The van der Waals surface area contributed by atoms with Crippen LogP contribution in [0.2, 0.25) is 0 Å². The Hall–Kier alpha value is -2.87. The van der Waals surface area contributed by atoms with Crippen LogP contribution in [-0.2, 0) is 9.59 Å². The van der Waals surface area contributed by atoms with Crippen LogP contribution in [0.3, 0.4) is 0 Å². The second kappa shape index (κ2) is 8.22. The highest BCUT2D eigenvalue weighted by atomic mass is 32.2. The SMILES string of the molecule is COc1ccccc1NC(=O)[C@@H]1CC(=O)N(C)C(=Nc2cccc(F)c2)S1. The van der Waals surface area contributed by atoms with Crippen molar-refractivity contribution in [2.24, 2.45) is 4.99 Å². The van der Waals surface area contributed by atoms with Gasteiger partial charge in [-0.2, -0.15) is 0 Å². The van der Waals surface area contributed by atoms with Crippen LogP contribution in [0, 0.1) is 5.82 Å². The highest BCUT2D eigenvalue weighted by Gasteiger charge is 2.34. The van der Waals surface area contributed by atoms with Crippen molar-refractivity contribution in [2.75, 3.05) is 19.5 Å². The topological polar surface area (TPSA) is 71.0 Å². The number of para-hydroxylation sites is 2. The Balaban J connectivity index is 1.80. The molecule has 0 aromatic heterocycles. The van der Waals surface area contributed by atoms with Crippen LogP contribution in [0.1, 0.15) is 6.42 Å². The highest BCUT2D eigenvalue weighted by molar-refractivity contribution is 8.15. The normalized spacial score (nSPS) is 18.5. The first-order chi connectivity index (χ1) is 13.0. The molecule has 0 spiro atoms. The molecule has 1 heterocycles. The number of carbonyl (C=O) groups is 2. The van der Waals surface area contributed by atoms with Gasteiger partial charge in [-0.15, -0.1) is 0 Å². The van der Waals surface area contributed by atoms with Gasteiger partial charge in [-0.3, -0.25) is 14.5 Å². The third-order valence-electron chi connectivity index (χ3n) is 3.96. The van der Waals surface area contributed by atoms with E-state index in [-0.39, 0.29) is 18.2 Å². The zero-order valence-electron chi connectivity index (χ0n) is 14.8. The van der Waals surface area contributed by atoms with Gasteiger partial charge in [0.05, 0.1) is 18.5 Å². The maximum Gasteiger partial charge on any atom is 0.238 e. The van der Waals surface area contributed by atoms with Gasteiger partial charge in [0.15, 0.2) is 5.17 Å². The van der Waals surface area contributed by atoms with Crippen molar-refractivity contribution in [3.63, 3.8) is 0 Å². The first-order valence-electron chi connectivity index (χ1n) is 8.19. The molecule has 2 amide bonds. The van der Waals surface area contributed by atoms with Crippen molar-refractivity contribution in [1.82, 2.24) is 4.90 Å². The van der Waals surface area contributed by atoms with Gasteiger partial charge in [0.25, 0.3) is 0 Å². The van der Waals surface area contributed by atoms with Crippen molar-refractivity contribution >= 4 is 40.1 Å². The number of rotatable bonds is 4. The van der Waals surface area contributed by atoms with Gasteiger partial charge in [-0.1, -0.05) is 30.0 Å². The molecule has 1 N–H and O–H groups in total. The van der Waals surface area contributed by atoms with Gasteiger partial charge in [-0.25, -0.2) is 9.38 Å². The highest BCUT2D eigenvalue weighted by Crippen LogP contribution is 2.30. The number of hydrogen-bond acceptors (Lipinski definition) is 5. The number of aliphatic imine (C=N–C) groups is 1. The largest absolute Gasteiger partial charge is 0.495 e. The van der Waals surface area contributed by atoms with Gasteiger partial charge < -0.3 is 10.1 Å². The molecule has 0 unspecified atom stereocenters. The Morgan fingerprint density at radius 2 is 2.07 bits per heavy atom. The average molecular weight is 387 g/mol. The fourth-order valence-corrected chi connectivity index (χ4v) is 3.58. The molecule has 8 heteroatoms. The summed E-state index contributed by atoms with van der Waals surface area (Å²) in [5.41, 5.74) is 0.906. The summed E-state index contributed by atoms with van der Waals surface area (Å²) in [5, 5.41) is 2.49. The van der Waals surface area contributed by atoms with E-state index in [2.05, 4.69) is 10.3 Å². The minimum Gasteiger partial charge on any atom is -0.495 e. The number of methoxy groups -OCH3 is 1. The lowest BCUT2D eigenvalue weighted by atomic mass is 10.2. The number of ether oxygens (including phenoxy) is 1. The van der Waals surface area contributed by atoms with E-state index in [1.54, 1.807) is 37.4 Å². The van der Waals surface area contributed by atoms with Gasteiger partial charge in [0, 0.05) is 13.5 Å². The van der Waals surface area contributed by atoms with Crippen molar-refractivity contribution < 1.29 is 18.7 Å². The number of benzene rings is 2. The van der Waals surface area contributed by atoms with E-state index in [0.29, 0.717) is 22.3 Å².